The van der Waals surface area contributed by atoms with Gasteiger partial charge in [-0.2, -0.15) is 0 Å². The van der Waals surface area contributed by atoms with Crippen LogP contribution in [0.1, 0.15) is 11.1 Å². The summed E-state index contributed by atoms with van der Waals surface area (Å²) in [5.74, 6) is 0. The molecule has 0 aliphatic carbocycles. The molecule has 1 aromatic carbocycles. The van der Waals surface area contributed by atoms with Crippen molar-refractivity contribution in [3.63, 3.8) is 0 Å². The van der Waals surface area contributed by atoms with E-state index >= 15 is 0 Å². The van der Waals surface area contributed by atoms with Crippen molar-refractivity contribution < 1.29 is 8.42 Å². The minimum Gasteiger partial charge on any atom is -0.389 e. The van der Waals surface area contributed by atoms with Crippen LogP contribution in [0.2, 0.25) is 8.67 Å². The maximum absolute atomic E-state index is 12.2. The molecule has 0 radical (unpaired) electrons. The van der Waals surface area contributed by atoms with Crippen LogP contribution < -0.4 is 10.5 Å². The lowest BCUT2D eigenvalue weighted by Crippen LogP contribution is -2.23. The quantitative estimate of drug-likeness (QED) is 0.781. The van der Waals surface area contributed by atoms with Gasteiger partial charge in [0.05, 0.1) is 4.34 Å². The van der Waals surface area contributed by atoms with E-state index in [1.165, 1.54) is 6.07 Å². The molecule has 1 aromatic heterocycles. The molecule has 21 heavy (non-hydrogen) atoms. The summed E-state index contributed by atoms with van der Waals surface area (Å²) in [6.45, 7) is 0.0998. The highest BCUT2D eigenvalue weighted by molar-refractivity contribution is 7.89. The Morgan fingerprint density at radius 1 is 1.33 bits per heavy atom. The Morgan fingerprint density at radius 3 is 2.62 bits per heavy atom. The number of rotatable bonds is 5. The van der Waals surface area contributed by atoms with Crippen LogP contribution in [0.15, 0.2) is 35.2 Å². The molecule has 0 atom stereocenters. The number of nitrogens with two attached hydrogens (primary N) is 1. The summed E-state index contributed by atoms with van der Waals surface area (Å²) in [7, 11) is -3.72. The molecule has 0 bridgehead atoms. The smallest absolute Gasteiger partial charge is 0.243 e. The van der Waals surface area contributed by atoms with Gasteiger partial charge in [0.2, 0.25) is 10.0 Å². The summed E-state index contributed by atoms with van der Waals surface area (Å²) in [5.41, 5.74) is 6.96. The SMILES string of the molecule is NC(=S)c1cccc(CNS(=O)(=O)c2cc(Cl)sc2Cl)c1. The van der Waals surface area contributed by atoms with E-state index < -0.39 is 10.0 Å². The van der Waals surface area contributed by atoms with Gasteiger partial charge in [0.15, 0.2) is 0 Å². The number of benzene rings is 1. The van der Waals surface area contributed by atoms with Gasteiger partial charge in [0.25, 0.3) is 0 Å². The predicted octanol–water partition coefficient (Wildman–Crippen LogP) is 3.17. The minimum absolute atomic E-state index is 0.0235. The second-order valence-electron chi connectivity index (χ2n) is 4.08. The van der Waals surface area contributed by atoms with Gasteiger partial charge in [-0.3, -0.25) is 0 Å². The van der Waals surface area contributed by atoms with Gasteiger partial charge in [-0.05, 0) is 17.7 Å². The third-order valence-electron chi connectivity index (χ3n) is 2.59. The molecule has 2 rings (SSSR count). The Hall–Kier alpha value is -0.700. The second-order valence-corrected chi connectivity index (χ2v) is 8.54. The molecule has 0 aliphatic rings. The van der Waals surface area contributed by atoms with E-state index in [-0.39, 0.29) is 20.8 Å². The lowest BCUT2D eigenvalue weighted by molar-refractivity contribution is 0.582. The number of hydrogen-bond donors (Lipinski definition) is 2. The Bertz CT molecular complexity index is 788. The molecule has 1 heterocycles. The largest absolute Gasteiger partial charge is 0.389 e. The van der Waals surface area contributed by atoms with Crippen molar-refractivity contribution in [3.8, 4) is 0 Å². The molecule has 4 nitrogen and oxygen atoms in total. The summed E-state index contributed by atoms with van der Waals surface area (Å²) in [5, 5.41) is 0. The van der Waals surface area contributed by atoms with Crippen LogP contribution in [-0.2, 0) is 16.6 Å². The van der Waals surface area contributed by atoms with Crippen molar-refractivity contribution in [1.29, 1.82) is 0 Å². The van der Waals surface area contributed by atoms with Crippen molar-refractivity contribution in [2.75, 3.05) is 0 Å². The first-order valence-electron chi connectivity index (χ1n) is 5.63. The van der Waals surface area contributed by atoms with Crippen molar-refractivity contribution >= 4 is 61.8 Å². The number of thiophene rings is 1. The second kappa shape index (κ2) is 6.60. The maximum Gasteiger partial charge on any atom is 0.243 e. The van der Waals surface area contributed by atoms with Gasteiger partial charge in [-0.25, -0.2) is 13.1 Å². The summed E-state index contributed by atoms with van der Waals surface area (Å²) in [6.07, 6.45) is 0. The molecule has 0 spiro atoms. The van der Waals surface area contributed by atoms with Gasteiger partial charge >= 0.3 is 0 Å². The molecule has 0 fully saturated rings. The van der Waals surface area contributed by atoms with Crippen LogP contribution in [0.5, 0.6) is 0 Å². The molecular formula is C12H10Cl2N2O2S3. The van der Waals surface area contributed by atoms with Crippen LogP contribution in [0, 0.1) is 0 Å². The van der Waals surface area contributed by atoms with E-state index in [1.54, 1.807) is 24.3 Å². The van der Waals surface area contributed by atoms with Gasteiger partial charge in [0, 0.05) is 12.1 Å². The van der Waals surface area contributed by atoms with E-state index in [0.717, 1.165) is 16.9 Å². The van der Waals surface area contributed by atoms with E-state index in [9.17, 15) is 8.42 Å². The van der Waals surface area contributed by atoms with E-state index in [2.05, 4.69) is 4.72 Å². The van der Waals surface area contributed by atoms with Crippen molar-refractivity contribution in [3.05, 3.63) is 50.1 Å². The molecule has 2 aromatic rings. The molecule has 0 saturated heterocycles. The molecule has 112 valence electrons. The fourth-order valence-corrected chi connectivity index (χ4v) is 4.89. The molecule has 0 saturated carbocycles. The molecule has 3 N–H and O–H groups in total. The highest BCUT2D eigenvalue weighted by Gasteiger charge is 2.20. The van der Waals surface area contributed by atoms with Gasteiger partial charge in [-0.15, -0.1) is 11.3 Å². The van der Waals surface area contributed by atoms with Gasteiger partial charge in [0.1, 0.15) is 14.2 Å². The van der Waals surface area contributed by atoms with E-state index in [1.807, 2.05) is 0 Å². The van der Waals surface area contributed by atoms with E-state index in [4.69, 9.17) is 41.2 Å². The Balaban J connectivity index is 2.17. The molecule has 0 amide bonds. The first-order valence-corrected chi connectivity index (χ1v) is 9.09. The zero-order valence-corrected chi connectivity index (χ0v) is 14.4. The normalized spacial score (nSPS) is 11.5. The number of thiocarbonyl (C=S) groups is 1. The number of sulfonamides is 1. The first kappa shape index (κ1) is 16.7. The third kappa shape index (κ3) is 4.15. The van der Waals surface area contributed by atoms with Crippen molar-refractivity contribution in [1.82, 2.24) is 4.72 Å². The van der Waals surface area contributed by atoms with Gasteiger partial charge in [-0.1, -0.05) is 53.6 Å². The molecule has 0 aliphatic heterocycles. The lowest BCUT2D eigenvalue weighted by atomic mass is 10.1. The Kier molecular flexibility index (Phi) is 5.24. The fourth-order valence-electron chi connectivity index (χ4n) is 1.60. The molecule has 0 unspecified atom stereocenters. The van der Waals surface area contributed by atoms with E-state index in [0.29, 0.717) is 9.90 Å². The molecular weight excluding hydrogens is 371 g/mol. The Labute approximate surface area is 141 Å². The summed E-state index contributed by atoms with van der Waals surface area (Å²) in [6, 6.07) is 8.34. The zero-order chi connectivity index (χ0) is 15.6. The average molecular weight is 381 g/mol. The average Bonchev–Trinajstić information content (AvgIpc) is 2.77. The molecule has 9 heteroatoms. The highest BCUT2D eigenvalue weighted by atomic mass is 35.5. The predicted molar refractivity (Wildman–Crippen MR) is 90.7 cm³/mol. The topological polar surface area (TPSA) is 72.2 Å². The number of halogens is 2. The monoisotopic (exact) mass is 380 g/mol. The van der Waals surface area contributed by atoms with Crippen LogP contribution in [-0.4, -0.2) is 13.4 Å². The summed E-state index contributed by atoms with van der Waals surface area (Å²) in [4.78, 5) is 0.233. The zero-order valence-electron chi connectivity index (χ0n) is 10.5. The lowest BCUT2D eigenvalue weighted by Gasteiger charge is -2.07. The van der Waals surface area contributed by atoms with Crippen LogP contribution in [0.4, 0.5) is 0 Å². The first-order chi connectivity index (χ1) is 9.79. The standard InChI is InChI=1S/C12H10Cl2N2O2S3/c13-10-5-9(11(14)20-10)21(17,18)16-6-7-2-1-3-8(4-7)12(15)19/h1-5,16H,6H2,(H2,15,19). The fraction of sp³-hybridized carbons (Fsp3) is 0.0833. The van der Waals surface area contributed by atoms with Crippen LogP contribution >= 0.6 is 46.8 Å². The summed E-state index contributed by atoms with van der Waals surface area (Å²) < 4.78 is 27.2. The van der Waals surface area contributed by atoms with Crippen LogP contribution in [0.25, 0.3) is 0 Å². The van der Waals surface area contributed by atoms with Crippen molar-refractivity contribution in [2.24, 2.45) is 5.73 Å². The number of nitrogens with one attached hydrogen (secondary N) is 1. The summed E-state index contributed by atoms with van der Waals surface area (Å²) >= 11 is 17.5. The maximum atomic E-state index is 12.2. The minimum atomic E-state index is -3.72. The van der Waals surface area contributed by atoms with Crippen LogP contribution in [0.3, 0.4) is 0 Å². The third-order valence-corrected chi connectivity index (χ3v) is 5.98. The highest BCUT2D eigenvalue weighted by Crippen LogP contribution is 2.34. The van der Waals surface area contributed by atoms with Crippen molar-refractivity contribution in [2.45, 2.75) is 11.4 Å². The Morgan fingerprint density at radius 2 is 2.05 bits per heavy atom. The van der Waals surface area contributed by atoms with Gasteiger partial charge < -0.3 is 5.73 Å². The number of hydrogen-bond acceptors (Lipinski definition) is 4.